The molecular weight excluding hydrogens is 270 g/mol. The van der Waals surface area contributed by atoms with E-state index in [1.54, 1.807) is 48.5 Å². The Morgan fingerprint density at radius 3 is 2.24 bits per heavy atom. The summed E-state index contributed by atoms with van der Waals surface area (Å²) in [6.45, 7) is 0. The van der Waals surface area contributed by atoms with E-state index in [1.165, 1.54) is 0 Å². The molecule has 2 rings (SSSR count). The molecule has 0 heterocycles. The summed E-state index contributed by atoms with van der Waals surface area (Å²) in [5.74, 6) is -0.971. The third-order valence-corrected chi connectivity index (χ3v) is 2.98. The fourth-order valence-corrected chi connectivity index (χ4v) is 1.89. The Hall–Kier alpha value is -3.02. The molecule has 2 aromatic carbocycles. The summed E-state index contributed by atoms with van der Waals surface area (Å²) in [5.41, 5.74) is 7.30. The van der Waals surface area contributed by atoms with Crippen LogP contribution < -0.4 is 11.1 Å². The second kappa shape index (κ2) is 6.42. The largest absolute Gasteiger partial charge is 0.479 e. The van der Waals surface area contributed by atoms with Crippen molar-refractivity contribution < 1.29 is 15.1 Å². The maximum atomic E-state index is 11.4. The number of aliphatic carboxylic acids is 1. The van der Waals surface area contributed by atoms with Gasteiger partial charge in [-0.25, -0.2) is 4.79 Å². The van der Waals surface area contributed by atoms with Gasteiger partial charge in [0.15, 0.2) is 11.9 Å². The molecule has 0 aliphatic rings. The number of amidine groups is 1. The van der Waals surface area contributed by atoms with Gasteiger partial charge in [0.2, 0.25) is 0 Å². The third kappa shape index (κ3) is 3.50. The highest BCUT2D eigenvalue weighted by atomic mass is 16.4. The van der Waals surface area contributed by atoms with Crippen LogP contribution in [0.3, 0.4) is 0 Å². The van der Waals surface area contributed by atoms with Crippen molar-refractivity contribution in [2.45, 2.75) is 6.04 Å². The number of benzene rings is 2. The van der Waals surface area contributed by atoms with Crippen LogP contribution in [-0.2, 0) is 4.79 Å². The Morgan fingerprint density at radius 2 is 1.71 bits per heavy atom. The average Bonchev–Trinajstić information content (AvgIpc) is 2.53. The molecule has 0 bridgehead atoms. The molecule has 0 fully saturated rings. The van der Waals surface area contributed by atoms with E-state index in [9.17, 15) is 9.90 Å². The molecule has 21 heavy (non-hydrogen) atoms. The highest BCUT2D eigenvalue weighted by Crippen LogP contribution is 2.20. The van der Waals surface area contributed by atoms with Gasteiger partial charge >= 0.3 is 5.97 Å². The van der Waals surface area contributed by atoms with Crippen LogP contribution in [0.2, 0.25) is 0 Å². The molecule has 2 aromatic rings. The van der Waals surface area contributed by atoms with Gasteiger partial charge in [0.1, 0.15) is 0 Å². The summed E-state index contributed by atoms with van der Waals surface area (Å²) in [7, 11) is 0. The van der Waals surface area contributed by atoms with E-state index in [1.807, 2.05) is 6.07 Å². The van der Waals surface area contributed by atoms with Gasteiger partial charge in [0, 0.05) is 11.3 Å². The van der Waals surface area contributed by atoms with Crippen molar-refractivity contribution in [1.29, 1.82) is 0 Å². The predicted octanol–water partition coefficient (Wildman–Crippen LogP) is 2.02. The zero-order chi connectivity index (χ0) is 15.2. The van der Waals surface area contributed by atoms with Gasteiger partial charge in [0.05, 0.1) is 0 Å². The summed E-state index contributed by atoms with van der Waals surface area (Å²) in [4.78, 5) is 11.4. The Kier molecular flexibility index (Phi) is 4.40. The highest BCUT2D eigenvalue weighted by Gasteiger charge is 2.19. The maximum absolute atomic E-state index is 11.4. The fraction of sp³-hybridized carbons (Fsp3) is 0.0667. The lowest BCUT2D eigenvalue weighted by Gasteiger charge is -2.16. The summed E-state index contributed by atoms with van der Waals surface area (Å²) in [6.07, 6.45) is 0. The first-order valence-electron chi connectivity index (χ1n) is 6.24. The Bertz CT molecular complexity index is 639. The second-order valence-electron chi connectivity index (χ2n) is 4.39. The molecule has 0 amide bonds. The van der Waals surface area contributed by atoms with Crippen LogP contribution in [-0.4, -0.2) is 22.1 Å². The van der Waals surface area contributed by atoms with Crippen LogP contribution >= 0.6 is 0 Å². The highest BCUT2D eigenvalue weighted by molar-refractivity contribution is 5.97. The molecule has 0 aliphatic heterocycles. The van der Waals surface area contributed by atoms with Gasteiger partial charge < -0.3 is 21.4 Å². The van der Waals surface area contributed by atoms with E-state index >= 15 is 0 Å². The van der Waals surface area contributed by atoms with Crippen molar-refractivity contribution in [3.8, 4) is 0 Å². The van der Waals surface area contributed by atoms with Crippen LogP contribution in [0.25, 0.3) is 0 Å². The van der Waals surface area contributed by atoms with E-state index in [0.717, 1.165) is 0 Å². The average molecular weight is 285 g/mol. The molecule has 0 saturated carbocycles. The maximum Gasteiger partial charge on any atom is 0.330 e. The van der Waals surface area contributed by atoms with Gasteiger partial charge in [-0.05, 0) is 29.8 Å². The number of oxime groups is 1. The van der Waals surface area contributed by atoms with Crippen LogP contribution in [0.5, 0.6) is 0 Å². The second-order valence-corrected chi connectivity index (χ2v) is 4.39. The van der Waals surface area contributed by atoms with Crippen molar-refractivity contribution in [2.75, 3.05) is 5.32 Å². The number of nitrogens with one attached hydrogen (secondary N) is 1. The number of hydrogen-bond donors (Lipinski definition) is 4. The van der Waals surface area contributed by atoms with Crippen LogP contribution in [0.15, 0.2) is 59.8 Å². The minimum atomic E-state index is -0.971. The van der Waals surface area contributed by atoms with Crippen LogP contribution in [0.4, 0.5) is 5.69 Å². The standard InChI is InChI=1S/C15H15N3O3/c16-14(18-21)11-6-8-12(9-7-11)17-13(15(19)20)10-4-2-1-3-5-10/h1-9,13,17,21H,(H2,16,18)(H,19,20). The lowest BCUT2D eigenvalue weighted by atomic mass is 10.1. The Morgan fingerprint density at radius 1 is 1.10 bits per heavy atom. The van der Waals surface area contributed by atoms with Crippen LogP contribution in [0.1, 0.15) is 17.2 Å². The first-order valence-corrected chi connectivity index (χ1v) is 6.24. The quantitative estimate of drug-likeness (QED) is 0.291. The van der Waals surface area contributed by atoms with Crippen molar-refractivity contribution in [3.63, 3.8) is 0 Å². The van der Waals surface area contributed by atoms with Crippen molar-refractivity contribution >= 4 is 17.5 Å². The van der Waals surface area contributed by atoms with E-state index in [2.05, 4.69) is 10.5 Å². The SMILES string of the molecule is N/C(=N\O)c1ccc(NC(C(=O)O)c2ccccc2)cc1. The lowest BCUT2D eigenvalue weighted by Crippen LogP contribution is -2.20. The van der Waals surface area contributed by atoms with E-state index in [4.69, 9.17) is 10.9 Å². The normalized spacial score (nSPS) is 12.7. The molecule has 0 radical (unpaired) electrons. The molecule has 0 spiro atoms. The summed E-state index contributed by atoms with van der Waals surface area (Å²) in [6, 6.07) is 14.7. The third-order valence-electron chi connectivity index (χ3n) is 2.98. The number of nitrogens with two attached hydrogens (primary N) is 1. The first kappa shape index (κ1) is 14.4. The van der Waals surface area contributed by atoms with Gasteiger partial charge in [-0.1, -0.05) is 35.5 Å². The van der Waals surface area contributed by atoms with E-state index in [-0.39, 0.29) is 5.84 Å². The molecule has 1 atom stereocenters. The summed E-state index contributed by atoms with van der Waals surface area (Å²) < 4.78 is 0. The molecule has 6 heteroatoms. The number of anilines is 1. The van der Waals surface area contributed by atoms with Crippen molar-refractivity contribution in [2.24, 2.45) is 10.9 Å². The topological polar surface area (TPSA) is 108 Å². The van der Waals surface area contributed by atoms with Crippen LogP contribution in [0, 0.1) is 0 Å². The van der Waals surface area contributed by atoms with Crippen molar-refractivity contribution in [1.82, 2.24) is 0 Å². The number of nitrogens with zero attached hydrogens (tertiary/aromatic N) is 1. The Balaban J connectivity index is 2.20. The number of carbonyl (C=O) groups is 1. The predicted molar refractivity (Wildman–Crippen MR) is 79.4 cm³/mol. The Labute approximate surface area is 121 Å². The molecule has 6 nitrogen and oxygen atoms in total. The molecule has 1 unspecified atom stereocenters. The number of rotatable bonds is 5. The fourth-order valence-electron chi connectivity index (χ4n) is 1.89. The van der Waals surface area contributed by atoms with Gasteiger partial charge in [-0.15, -0.1) is 0 Å². The first-order chi connectivity index (χ1) is 10.1. The molecular formula is C15H15N3O3. The monoisotopic (exact) mass is 285 g/mol. The van der Waals surface area contributed by atoms with E-state index < -0.39 is 12.0 Å². The zero-order valence-electron chi connectivity index (χ0n) is 11.1. The van der Waals surface area contributed by atoms with E-state index in [0.29, 0.717) is 16.8 Å². The molecule has 0 saturated heterocycles. The smallest absolute Gasteiger partial charge is 0.330 e. The van der Waals surface area contributed by atoms with Gasteiger partial charge in [0.25, 0.3) is 0 Å². The number of carboxylic acids is 1. The molecule has 5 N–H and O–H groups in total. The summed E-state index contributed by atoms with van der Waals surface area (Å²) >= 11 is 0. The molecule has 108 valence electrons. The van der Waals surface area contributed by atoms with Gasteiger partial charge in [-0.2, -0.15) is 0 Å². The van der Waals surface area contributed by atoms with Crippen molar-refractivity contribution in [3.05, 3.63) is 65.7 Å². The minimum Gasteiger partial charge on any atom is -0.479 e. The van der Waals surface area contributed by atoms with Gasteiger partial charge in [-0.3, -0.25) is 0 Å². The summed E-state index contributed by atoms with van der Waals surface area (Å²) in [5, 5.41) is 23.8. The molecule has 0 aliphatic carbocycles. The molecule has 0 aromatic heterocycles. The lowest BCUT2D eigenvalue weighted by molar-refractivity contribution is -0.138. The zero-order valence-corrected chi connectivity index (χ0v) is 11.1. The number of hydrogen-bond acceptors (Lipinski definition) is 4. The number of carboxylic acid groups (broad SMARTS) is 1. The minimum absolute atomic E-state index is 0.000561.